The Morgan fingerprint density at radius 1 is 1.64 bits per heavy atom. The highest BCUT2D eigenvalue weighted by Gasteiger charge is 2.44. The molecule has 2 rings (SSSR count). The summed E-state index contributed by atoms with van der Waals surface area (Å²) < 4.78 is 1.77. The summed E-state index contributed by atoms with van der Waals surface area (Å²) in [6, 6.07) is 1.95. The Bertz CT molecular complexity index is 286. The standard InChI is InChI=1S/C8H12N2O/c1-6-5-7(10(2)9-6)8(11)3-4-8/h5,11H,3-4H2,1-2H3. The molecule has 60 valence electrons. The minimum absolute atomic E-state index is 0.546. The fourth-order valence-corrected chi connectivity index (χ4v) is 1.42. The highest BCUT2D eigenvalue weighted by Crippen LogP contribution is 2.44. The van der Waals surface area contributed by atoms with Gasteiger partial charge < -0.3 is 5.11 Å². The van der Waals surface area contributed by atoms with E-state index in [0.717, 1.165) is 24.2 Å². The van der Waals surface area contributed by atoms with Crippen molar-refractivity contribution in [3.05, 3.63) is 17.5 Å². The van der Waals surface area contributed by atoms with Gasteiger partial charge in [-0.15, -0.1) is 0 Å². The molecule has 1 aliphatic carbocycles. The summed E-state index contributed by atoms with van der Waals surface area (Å²) in [5, 5.41) is 13.9. The number of rotatable bonds is 1. The molecule has 1 aliphatic rings. The monoisotopic (exact) mass is 152 g/mol. The maximum Gasteiger partial charge on any atom is 0.106 e. The van der Waals surface area contributed by atoms with Crippen molar-refractivity contribution in [2.75, 3.05) is 0 Å². The Hall–Kier alpha value is -0.830. The molecular formula is C8H12N2O. The largest absolute Gasteiger partial charge is 0.384 e. The molecule has 0 bridgehead atoms. The lowest BCUT2D eigenvalue weighted by molar-refractivity contribution is 0.141. The molecule has 0 spiro atoms. The predicted molar refractivity (Wildman–Crippen MR) is 41.1 cm³/mol. The zero-order valence-electron chi connectivity index (χ0n) is 6.83. The number of aryl methyl sites for hydroxylation is 2. The Labute approximate surface area is 65.7 Å². The first-order valence-corrected chi connectivity index (χ1v) is 3.85. The van der Waals surface area contributed by atoms with E-state index in [1.165, 1.54) is 0 Å². The summed E-state index contributed by atoms with van der Waals surface area (Å²) in [5.41, 5.74) is 1.38. The molecule has 0 radical (unpaired) electrons. The summed E-state index contributed by atoms with van der Waals surface area (Å²) >= 11 is 0. The van der Waals surface area contributed by atoms with Gasteiger partial charge in [0.05, 0.1) is 11.4 Å². The maximum absolute atomic E-state index is 9.73. The van der Waals surface area contributed by atoms with Crippen LogP contribution in [0.15, 0.2) is 6.07 Å². The molecule has 0 saturated heterocycles. The first-order chi connectivity index (χ1) is 5.12. The van der Waals surface area contributed by atoms with Crippen molar-refractivity contribution in [1.29, 1.82) is 0 Å². The minimum Gasteiger partial charge on any atom is -0.384 e. The van der Waals surface area contributed by atoms with Gasteiger partial charge in [-0.1, -0.05) is 0 Å². The van der Waals surface area contributed by atoms with Crippen molar-refractivity contribution in [1.82, 2.24) is 9.78 Å². The lowest BCUT2D eigenvalue weighted by atomic mass is 10.2. The van der Waals surface area contributed by atoms with Crippen LogP contribution < -0.4 is 0 Å². The van der Waals surface area contributed by atoms with Crippen LogP contribution in [0.5, 0.6) is 0 Å². The predicted octanol–water partition coefficient (Wildman–Crippen LogP) is 0.710. The van der Waals surface area contributed by atoms with Gasteiger partial charge >= 0.3 is 0 Å². The van der Waals surface area contributed by atoms with Crippen LogP contribution in [0.25, 0.3) is 0 Å². The molecule has 1 aromatic heterocycles. The third kappa shape index (κ3) is 0.959. The summed E-state index contributed by atoms with van der Waals surface area (Å²) in [4.78, 5) is 0. The number of nitrogens with zero attached hydrogens (tertiary/aromatic N) is 2. The van der Waals surface area contributed by atoms with E-state index in [0.29, 0.717) is 0 Å². The van der Waals surface area contributed by atoms with Gasteiger partial charge in [-0.3, -0.25) is 4.68 Å². The van der Waals surface area contributed by atoms with Crippen LogP contribution in [-0.4, -0.2) is 14.9 Å². The zero-order chi connectivity index (χ0) is 8.06. The van der Waals surface area contributed by atoms with Gasteiger partial charge in [0.15, 0.2) is 0 Å². The average Bonchev–Trinajstić information content (AvgIpc) is 2.55. The van der Waals surface area contributed by atoms with Crippen LogP contribution in [0, 0.1) is 6.92 Å². The fourth-order valence-electron chi connectivity index (χ4n) is 1.42. The summed E-state index contributed by atoms with van der Waals surface area (Å²) in [6.45, 7) is 1.94. The van der Waals surface area contributed by atoms with E-state index in [1.807, 2.05) is 20.0 Å². The van der Waals surface area contributed by atoms with E-state index in [4.69, 9.17) is 0 Å². The number of hydrogen-bond acceptors (Lipinski definition) is 2. The van der Waals surface area contributed by atoms with Crippen molar-refractivity contribution in [3.8, 4) is 0 Å². The van der Waals surface area contributed by atoms with Crippen LogP contribution in [-0.2, 0) is 12.6 Å². The Kier molecular flexibility index (Phi) is 1.16. The third-order valence-corrected chi connectivity index (χ3v) is 2.20. The molecule has 0 aromatic carbocycles. The number of aromatic nitrogens is 2. The second-order valence-electron chi connectivity index (χ2n) is 3.33. The number of hydrogen-bond donors (Lipinski definition) is 1. The second kappa shape index (κ2) is 1.85. The fraction of sp³-hybridized carbons (Fsp3) is 0.625. The molecule has 0 aliphatic heterocycles. The van der Waals surface area contributed by atoms with Crippen molar-refractivity contribution in [2.45, 2.75) is 25.4 Å². The van der Waals surface area contributed by atoms with Crippen molar-refractivity contribution in [3.63, 3.8) is 0 Å². The normalized spacial score (nSPS) is 20.3. The second-order valence-corrected chi connectivity index (χ2v) is 3.33. The highest BCUT2D eigenvalue weighted by atomic mass is 16.3. The summed E-state index contributed by atoms with van der Waals surface area (Å²) in [5.74, 6) is 0. The quantitative estimate of drug-likeness (QED) is 0.643. The van der Waals surface area contributed by atoms with Crippen molar-refractivity contribution in [2.24, 2.45) is 7.05 Å². The Balaban J connectivity index is 2.44. The van der Waals surface area contributed by atoms with Gasteiger partial charge in [0.1, 0.15) is 5.60 Å². The van der Waals surface area contributed by atoms with Gasteiger partial charge in [-0.25, -0.2) is 0 Å². The van der Waals surface area contributed by atoms with E-state index in [-0.39, 0.29) is 0 Å². The molecule has 1 fully saturated rings. The molecule has 3 nitrogen and oxygen atoms in total. The Morgan fingerprint density at radius 2 is 2.27 bits per heavy atom. The van der Waals surface area contributed by atoms with E-state index in [1.54, 1.807) is 4.68 Å². The number of aliphatic hydroxyl groups is 1. The smallest absolute Gasteiger partial charge is 0.106 e. The molecule has 0 amide bonds. The Morgan fingerprint density at radius 3 is 2.64 bits per heavy atom. The van der Waals surface area contributed by atoms with Crippen LogP contribution >= 0.6 is 0 Å². The van der Waals surface area contributed by atoms with E-state index in [9.17, 15) is 5.11 Å². The SMILES string of the molecule is Cc1cc(C2(O)CC2)n(C)n1. The van der Waals surface area contributed by atoms with E-state index in [2.05, 4.69) is 5.10 Å². The molecule has 1 heterocycles. The van der Waals surface area contributed by atoms with Crippen LogP contribution in [0.3, 0.4) is 0 Å². The highest BCUT2D eigenvalue weighted by molar-refractivity contribution is 5.21. The summed E-state index contributed by atoms with van der Waals surface area (Å²) in [6.07, 6.45) is 1.76. The molecule has 1 aromatic rings. The third-order valence-electron chi connectivity index (χ3n) is 2.20. The molecule has 0 atom stereocenters. The lowest BCUT2D eigenvalue weighted by Crippen LogP contribution is -2.10. The van der Waals surface area contributed by atoms with E-state index < -0.39 is 5.60 Å². The van der Waals surface area contributed by atoms with Gasteiger partial charge in [-0.2, -0.15) is 5.10 Å². The van der Waals surface area contributed by atoms with Gasteiger partial charge in [0, 0.05) is 7.05 Å². The molecule has 1 saturated carbocycles. The molecule has 11 heavy (non-hydrogen) atoms. The minimum atomic E-state index is -0.546. The molecule has 1 N–H and O–H groups in total. The van der Waals surface area contributed by atoms with Crippen molar-refractivity contribution < 1.29 is 5.11 Å². The first kappa shape index (κ1) is 6.85. The zero-order valence-corrected chi connectivity index (χ0v) is 6.83. The van der Waals surface area contributed by atoms with Gasteiger partial charge in [0.25, 0.3) is 0 Å². The molecule has 3 heteroatoms. The van der Waals surface area contributed by atoms with Crippen LogP contribution in [0.1, 0.15) is 24.2 Å². The van der Waals surface area contributed by atoms with Gasteiger partial charge in [-0.05, 0) is 25.8 Å². The molecular weight excluding hydrogens is 140 g/mol. The topological polar surface area (TPSA) is 38.0 Å². The molecule has 0 unspecified atom stereocenters. The lowest BCUT2D eigenvalue weighted by Gasteiger charge is -2.06. The van der Waals surface area contributed by atoms with Crippen LogP contribution in [0.4, 0.5) is 0 Å². The summed E-state index contributed by atoms with van der Waals surface area (Å²) in [7, 11) is 1.87. The van der Waals surface area contributed by atoms with Crippen LogP contribution in [0.2, 0.25) is 0 Å². The van der Waals surface area contributed by atoms with Crippen molar-refractivity contribution >= 4 is 0 Å². The first-order valence-electron chi connectivity index (χ1n) is 3.85. The van der Waals surface area contributed by atoms with Gasteiger partial charge in [0.2, 0.25) is 0 Å². The van der Waals surface area contributed by atoms with E-state index >= 15 is 0 Å². The maximum atomic E-state index is 9.73. The average molecular weight is 152 g/mol.